The first-order chi connectivity index (χ1) is 7.54. The van der Waals surface area contributed by atoms with Crippen molar-refractivity contribution in [3.05, 3.63) is 34.9 Å². The molecule has 0 spiro atoms. The van der Waals surface area contributed by atoms with Gasteiger partial charge >= 0.3 is 0 Å². The topological polar surface area (TPSA) is 35.2 Å². The Morgan fingerprint density at radius 3 is 2.88 bits per heavy atom. The Hall–Kier alpha value is -0.860. The number of hydrogen-bond acceptors (Lipinski definition) is 2. The number of nitrogens with two attached hydrogens (primary N) is 1. The lowest BCUT2D eigenvalue weighted by molar-refractivity contribution is 0.110. The summed E-state index contributed by atoms with van der Waals surface area (Å²) < 4.78 is 5.43. The largest absolute Gasteiger partial charge is 0.376 e. The van der Waals surface area contributed by atoms with Crippen LogP contribution < -0.4 is 5.73 Å². The smallest absolute Gasteiger partial charge is 0.0719 e. The third-order valence-electron chi connectivity index (χ3n) is 3.10. The van der Waals surface area contributed by atoms with E-state index < -0.39 is 0 Å². The third-order valence-corrected chi connectivity index (χ3v) is 3.10. The Morgan fingerprint density at radius 1 is 1.31 bits per heavy atom. The van der Waals surface area contributed by atoms with Gasteiger partial charge in [-0.05, 0) is 49.8 Å². The van der Waals surface area contributed by atoms with Crippen molar-refractivity contribution < 1.29 is 4.74 Å². The average Bonchev–Trinajstić information content (AvgIpc) is 2.25. The zero-order valence-corrected chi connectivity index (χ0v) is 10.3. The van der Waals surface area contributed by atoms with Gasteiger partial charge in [-0.25, -0.2) is 0 Å². The zero-order chi connectivity index (χ0) is 11.6. The molecule has 0 amide bonds. The van der Waals surface area contributed by atoms with Gasteiger partial charge in [-0.15, -0.1) is 0 Å². The SMILES string of the molecule is CC(C)(N)CCc1ccc2c(c1)CCOC2. The van der Waals surface area contributed by atoms with E-state index in [0.717, 1.165) is 32.5 Å². The molecule has 16 heavy (non-hydrogen) atoms. The van der Waals surface area contributed by atoms with Crippen LogP contribution in [0.25, 0.3) is 0 Å². The predicted molar refractivity (Wildman–Crippen MR) is 66.4 cm³/mol. The molecule has 1 aliphatic rings. The number of hydrogen-bond donors (Lipinski definition) is 1. The molecule has 2 rings (SSSR count). The highest BCUT2D eigenvalue weighted by Crippen LogP contribution is 2.20. The van der Waals surface area contributed by atoms with Crippen LogP contribution in [-0.2, 0) is 24.2 Å². The van der Waals surface area contributed by atoms with E-state index in [0.29, 0.717) is 0 Å². The first kappa shape index (κ1) is 11.6. The van der Waals surface area contributed by atoms with E-state index in [1.54, 1.807) is 0 Å². The maximum atomic E-state index is 6.00. The summed E-state index contributed by atoms with van der Waals surface area (Å²) in [4.78, 5) is 0. The first-order valence-corrected chi connectivity index (χ1v) is 6.02. The monoisotopic (exact) mass is 219 g/mol. The van der Waals surface area contributed by atoms with Crippen molar-refractivity contribution in [1.82, 2.24) is 0 Å². The average molecular weight is 219 g/mol. The van der Waals surface area contributed by atoms with Gasteiger partial charge in [0.05, 0.1) is 13.2 Å². The molecule has 0 aromatic heterocycles. The van der Waals surface area contributed by atoms with Crippen LogP contribution in [-0.4, -0.2) is 12.1 Å². The summed E-state index contributed by atoms with van der Waals surface area (Å²) >= 11 is 0. The minimum absolute atomic E-state index is 0.0704. The summed E-state index contributed by atoms with van der Waals surface area (Å²) in [6, 6.07) is 6.73. The molecule has 88 valence electrons. The molecule has 2 heteroatoms. The van der Waals surface area contributed by atoms with Gasteiger partial charge in [0.2, 0.25) is 0 Å². The quantitative estimate of drug-likeness (QED) is 0.847. The van der Waals surface area contributed by atoms with E-state index >= 15 is 0 Å². The van der Waals surface area contributed by atoms with Gasteiger partial charge in [0.15, 0.2) is 0 Å². The lowest BCUT2D eigenvalue weighted by Crippen LogP contribution is -2.32. The Morgan fingerprint density at radius 2 is 2.12 bits per heavy atom. The molecule has 2 N–H and O–H groups in total. The molecular formula is C14H21NO. The van der Waals surface area contributed by atoms with Crippen LogP contribution in [0.1, 0.15) is 37.0 Å². The van der Waals surface area contributed by atoms with Crippen molar-refractivity contribution in [3.8, 4) is 0 Å². The molecular weight excluding hydrogens is 198 g/mol. The fraction of sp³-hybridized carbons (Fsp3) is 0.571. The van der Waals surface area contributed by atoms with E-state index in [2.05, 4.69) is 32.0 Å². The highest BCUT2D eigenvalue weighted by Gasteiger charge is 2.13. The summed E-state index contributed by atoms with van der Waals surface area (Å²) in [6.07, 6.45) is 3.15. The second kappa shape index (κ2) is 4.56. The lowest BCUT2D eigenvalue weighted by Gasteiger charge is -2.20. The van der Waals surface area contributed by atoms with Crippen molar-refractivity contribution in [1.29, 1.82) is 0 Å². The minimum atomic E-state index is -0.0704. The molecule has 1 aromatic carbocycles. The van der Waals surface area contributed by atoms with E-state index in [1.807, 2.05) is 0 Å². The zero-order valence-electron chi connectivity index (χ0n) is 10.3. The van der Waals surface area contributed by atoms with Gasteiger partial charge in [-0.2, -0.15) is 0 Å². The van der Waals surface area contributed by atoms with E-state index in [9.17, 15) is 0 Å². The second-order valence-electron chi connectivity index (χ2n) is 5.39. The molecule has 0 unspecified atom stereocenters. The van der Waals surface area contributed by atoms with Crippen molar-refractivity contribution >= 4 is 0 Å². The molecule has 1 aliphatic heterocycles. The molecule has 1 heterocycles. The van der Waals surface area contributed by atoms with Gasteiger partial charge in [-0.1, -0.05) is 18.2 Å². The van der Waals surface area contributed by atoms with Crippen LogP contribution >= 0.6 is 0 Å². The van der Waals surface area contributed by atoms with Crippen LogP contribution in [0.3, 0.4) is 0 Å². The van der Waals surface area contributed by atoms with E-state index in [-0.39, 0.29) is 5.54 Å². The number of fused-ring (bicyclic) bond motifs is 1. The molecule has 0 bridgehead atoms. The standard InChI is InChI=1S/C14H21NO/c1-14(2,15)7-5-11-3-4-13-10-16-8-6-12(13)9-11/h3-4,9H,5-8,10,15H2,1-2H3. The fourth-order valence-corrected chi connectivity index (χ4v) is 2.04. The first-order valence-electron chi connectivity index (χ1n) is 6.02. The number of aryl methyl sites for hydroxylation is 1. The highest BCUT2D eigenvalue weighted by atomic mass is 16.5. The number of benzene rings is 1. The highest BCUT2D eigenvalue weighted by molar-refractivity contribution is 5.33. The summed E-state index contributed by atoms with van der Waals surface area (Å²) in [7, 11) is 0. The summed E-state index contributed by atoms with van der Waals surface area (Å²) in [6.45, 7) is 5.80. The van der Waals surface area contributed by atoms with Crippen LogP contribution in [0.15, 0.2) is 18.2 Å². The van der Waals surface area contributed by atoms with Gasteiger partial charge in [0.25, 0.3) is 0 Å². The normalized spacial score (nSPS) is 15.9. The summed E-state index contributed by atoms with van der Waals surface area (Å²) in [5.41, 5.74) is 10.1. The van der Waals surface area contributed by atoms with Crippen molar-refractivity contribution in [3.63, 3.8) is 0 Å². The third kappa shape index (κ3) is 3.06. The predicted octanol–water partition coefficient (Wildman–Crippen LogP) is 2.43. The van der Waals surface area contributed by atoms with Gasteiger partial charge in [0.1, 0.15) is 0 Å². The lowest BCUT2D eigenvalue weighted by atomic mass is 9.93. The summed E-state index contributed by atoms with van der Waals surface area (Å²) in [5.74, 6) is 0. The summed E-state index contributed by atoms with van der Waals surface area (Å²) in [5, 5.41) is 0. The van der Waals surface area contributed by atoms with Gasteiger partial charge < -0.3 is 10.5 Å². The van der Waals surface area contributed by atoms with Crippen molar-refractivity contribution in [2.45, 2.75) is 45.3 Å². The molecule has 2 nitrogen and oxygen atoms in total. The molecule has 0 fully saturated rings. The minimum Gasteiger partial charge on any atom is -0.376 e. The second-order valence-corrected chi connectivity index (χ2v) is 5.39. The molecule has 0 saturated carbocycles. The number of ether oxygens (including phenoxy) is 1. The Kier molecular flexibility index (Phi) is 3.31. The van der Waals surface area contributed by atoms with Crippen molar-refractivity contribution in [2.24, 2.45) is 5.73 Å². The van der Waals surface area contributed by atoms with Crippen LogP contribution in [0.4, 0.5) is 0 Å². The maximum absolute atomic E-state index is 6.00. The molecule has 0 radical (unpaired) electrons. The Labute approximate surface area is 97.8 Å². The molecule has 0 atom stereocenters. The van der Waals surface area contributed by atoms with Crippen LogP contribution in [0.5, 0.6) is 0 Å². The van der Waals surface area contributed by atoms with E-state index in [4.69, 9.17) is 10.5 Å². The maximum Gasteiger partial charge on any atom is 0.0719 e. The fourth-order valence-electron chi connectivity index (χ4n) is 2.04. The Balaban J connectivity index is 2.06. The molecule has 1 aromatic rings. The number of rotatable bonds is 3. The van der Waals surface area contributed by atoms with Crippen molar-refractivity contribution in [2.75, 3.05) is 6.61 Å². The van der Waals surface area contributed by atoms with Gasteiger partial charge in [0, 0.05) is 5.54 Å². The molecule has 0 saturated heterocycles. The van der Waals surface area contributed by atoms with Crippen LogP contribution in [0, 0.1) is 0 Å². The van der Waals surface area contributed by atoms with Gasteiger partial charge in [-0.3, -0.25) is 0 Å². The van der Waals surface area contributed by atoms with E-state index in [1.165, 1.54) is 16.7 Å². The van der Waals surface area contributed by atoms with Crippen LogP contribution in [0.2, 0.25) is 0 Å². The molecule has 0 aliphatic carbocycles. The Bertz CT molecular complexity index is 365.